The number of aromatic nitrogens is 4. The standard InChI is InChI=1S/C25H31F4N7O/c1-24(8-10-37-11-9-24)35-22-31-14-20-21(34-22)36(17-5-2-15(13-30)3-6-17)23(33-20)32-19-12-16(25(27,28)29)4-7-18(19)26/h4,7,12,14-15,17H,2-3,5-6,8-11,13,30H2,1H3,(H,32,33)(H,31,34,35)/t15-,17-. The molecule has 3 heterocycles. The third-order valence-electron chi connectivity index (χ3n) is 7.50. The van der Waals surface area contributed by atoms with Gasteiger partial charge in [-0.2, -0.15) is 18.2 Å². The topological polar surface area (TPSA) is 103 Å². The number of alkyl halides is 3. The van der Waals surface area contributed by atoms with Gasteiger partial charge in [-0.25, -0.2) is 14.4 Å². The summed E-state index contributed by atoms with van der Waals surface area (Å²) < 4.78 is 61.9. The molecule has 2 aliphatic rings. The summed E-state index contributed by atoms with van der Waals surface area (Å²) in [5.74, 6) is 0.279. The predicted octanol–water partition coefficient (Wildman–Crippen LogP) is 5.40. The SMILES string of the molecule is CC1(Nc2ncc3nc(Nc4cc(C(F)(F)F)ccc4F)n([C@H]4CC[C@H](CN)CC4)c3n2)CCOCC1. The molecule has 1 aliphatic carbocycles. The lowest BCUT2D eigenvalue weighted by Gasteiger charge is -2.34. The van der Waals surface area contributed by atoms with Crippen molar-refractivity contribution in [2.75, 3.05) is 30.4 Å². The molecule has 0 atom stereocenters. The zero-order valence-electron chi connectivity index (χ0n) is 20.6. The lowest BCUT2D eigenvalue weighted by atomic mass is 9.86. The highest BCUT2D eigenvalue weighted by Crippen LogP contribution is 2.38. The number of fused-ring (bicyclic) bond motifs is 1. The highest BCUT2D eigenvalue weighted by molar-refractivity contribution is 5.77. The number of imidazole rings is 1. The second kappa shape index (κ2) is 10.1. The number of nitrogens with one attached hydrogen (secondary N) is 2. The van der Waals surface area contributed by atoms with Gasteiger partial charge in [0.05, 0.1) is 17.4 Å². The lowest BCUT2D eigenvalue weighted by Crippen LogP contribution is -2.41. The predicted molar refractivity (Wildman–Crippen MR) is 132 cm³/mol. The first kappa shape index (κ1) is 25.7. The minimum atomic E-state index is -4.60. The summed E-state index contributed by atoms with van der Waals surface area (Å²) in [4.78, 5) is 13.8. The molecular weight excluding hydrogens is 490 g/mol. The van der Waals surface area contributed by atoms with E-state index in [1.807, 2.05) is 4.57 Å². The van der Waals surface area contributed by atoms with E-state index >= 15 is 0 Å². The van der Waals surface area contributed by atoms with Crippen molar-refractivity contribution in [1.82, 2.24) is 19.5 Å². The van der Waals surface area contributed by atoms with Crippen LogP contribution in [0.2, 0.25) is 0 Å². The van der Waals surface area contributed by atoms with E-state index in [0.29, 0.717) is 42.8 Å². The molecule has 0 bridgehead atoms. The fraction of sp³-hybridized carbons (Fsp3) is 0.560. The smallest absolute Gasteiger partial charge is 0.381 e. The normalized spacial score (nSPS) is 22.2. The quantitative estimate of drug-likeness (QED) is 0.373. The Kier molecular flexibility index (Phi) is 6.97. The maximum absolute atomic E-state index is 14.6. The molecule has 2 aromatic heterocycles. The molecule has 12 heteroatoms. The molecule has 200 valence electrons. The van der Waals surface area contributed by atoms with Crippen molar-refractivity contribution in [1.29, 1.82) is 0 Å². The Morgan fingerprint density at radius 3 is 2.54 bits per heavy atom. The van der Waals surface area contributed by atoms with Crippen LogP contribution in [-0.4, -0.2) is 44.8 Å². The minimum Gasteiger partial charge on any atom is -0.381 e. The third-order valence-corrected chi connectivity index (χ3v) is 7.50. The summed E-state index contributed by atoms with van der Waals surface area (Å²) >= 11 is 0. The zero-order valence-corrected chi connectivity index (χ0v) is 20.6. The highest BCUT2D eigenvalue weighted by Gasteiger charge is 2.32. The van der Waals surface area contributed by atoms with E-state index in [2.05, 4.69) is 27.5 Å². The Balaban J connectivity index is 1.54. The van der Waals surface area contributed by atoms with Crippen molar-refractivity contribution in [2.45, 2.75) is 63.2 Å². The van der Waals surface area contributed by atoms with Crippen molar-refractivity contribution < 1.29 is 22.3 Å². The number of anilines is 3. The number of halogens is 4. The van der Waals surface area contributed by atoms with Gasteiger partial charge in [0.25, 0.3) is 0 Å². The van der Waals surface area contributed by atoms with E-state index in [1.54, 1.807) is 6.20 Å². The van der Waals surface area contributed by atoms with Crippen LogP contribution in [0.5, 0.6) is 0 Å². The second-order valence-corrected chi connectivity index (χ2v) is 10.2. The van der Waals surface area contributed by atoms with Crippen LogP contribution >= 0.6 is 0 Å². The van der Waals surface area contributed by atoms with E-state index in [4.69, 9.17) is 15.5 Å². The van der Waals surface area contributed by atoms with Gasteiger partial charge < -0.3 is 21.1 Å². The molecule has 8 nitrogen and oxygen atoms in total. The fourth-order valence-corrected chi connectivity index (χ4v) is 5.16. The molecule has 0 radical (unpaired) electrons. The van der Waals surface area contributed by atoms with Crippen molar-refractivity contribution >= 4 is 28.7 Å². The number of benzene rings is 1. The Morgan fingerprint density at radius 1 is 1.14 bits per heavy atom. The van der Waals surface area contributed by atoms with E-state index in [1.165, 1.54) is 0 Å². The maximum Gasteiger partial charge on any atom is 0.416 e. The van der Waals surface area contributed by atoms with Crippen LogP contribution in [0, 0.1) is 11.7 Å². The largest absolute Gasteiger partial charge is 0.416 e. The first-order valence-corrected chi connectivity index (χ1v) is 12.6. The molecule has 1 saturated heterocycles. The van der Waals surface area contributed by atoms with Crippen LogP contribution in [0.4, 0.5) is 35.1 Å². The molecular formula is C25H31F4N7O. The summed E-state index contributed by atoms with van der Waals surface area (Å²) in [5.41, 5.74) is 5.41. The summed E-state index contributed by atoms with van der Waals surface area (Å²) in [6.07, 6.45) is 2.01. The lowest BCUT2D eigenvalue weighted by molar-refractivity contribution is -0.137. The van der Waals surface area contributed by atoms with Gasteiger partial charge in [0.2, 0.25) is 11.9 Å². The van der Waals surface area contributed by atoms with E-state index in [-0.39, 0.29) is 23.2 Å². The number of hydrogen-bond donors (Lipinski definition) is 3. The van der Waals surface area contributed by atoms with Gasteiger partial charge in [-0.05, 0) is 76.1 Å². The molecule has 1 aromatic carbocycles. The first-order valence-electron chi connectivity index (χ1n) is 12.6. The number of ether oxygens (including phenoxy) is 1. The second-order valence-electron chi connectivity index (χ2n) is 10.2. The van der Waals surface area contributed by atoms with Gasteiger partial charge in [0.1, 0.15) is 11.3 Å². The molecule has 1 saturated carbocycles. The average molecular weight is 522 g/mol. The van der Waals surface area contributed by atoms with Crippen LogP contribution in [0.1, 0.15) is 57.1 Å². The van der Waals surface area contributed by atoms with Crippen LogP contribution in [-0.2, 0) is 10.9 Å². The summed E-state index contributed by atoms with van der Waals surface area (Å²) in [6, 6.07) is 2.26. The van der Waals surface area contributed by atoms with Crippen molar-refractivity contribution in [3.63, 3.8) is 0 Å². The molecule has 0 spiro atoms. The molecule has 0 amide bonds. The number of nitrogens with two attached hydrogens (primary N) is 1. The molecule has 1 aliphatic heterocycles. The highest BCUT2D eigenvalue weighted by atomic mass is 19.4. The van der Waals surface area contributed by atoms with Gasteiger partial charge in [-0.3, -0.25) is 4.57 Å². The molecule has 37 heavy (non-hydrogen) atoms. The maximum atomic E-state index is 14.6. The summed E-state index contributed by atoms with van der Waals surface area (Å²) in [7, 11) is 0. The van der Waals surface area contributed by atoms with E-state index in [9.17, 15) is 17.6 Å². The van der Waals surface area contributed by atoms with E-state index in [0.717, 1.165) is 56.7 Å². The van der Waals surface area contributed by atoms with E-state index < -0.39 is 17.6 Å². The van der Waals surface area contributed by atoms with Crippen LogP contribution in [0.25, 0.3) is 11.2 Å². The molecule has 0 unspecified atom stereocenters. The Bertz CT molecular complexity index is 1250. The summed E-state index contributed by atoms with van der Waals surface area (Å²) in [6.45, 7) is 3.99. The molecule has 5 rings (SSSR count). The van der Waals surface area contributed by atoms with Gasteiger partial charge in [-0.15, -0.1) is 0 Å². The third kappa shape index (κ3) is 5.49. The van der Waals surface area contributed by atoms with Gasteiger partial charge in [0.15, 0.2) is 5.65 Å². The Hall–Kier alpha value is -2.99. The zero-order chi connectivity index (χ0) is 26.2. The number of nitrogens with zero attached hydrogens (tertiary/aromatic N) is 4. The van der Waals surface area contributed by atoms with Crippen LogP contribution in [0.15, 0.2) is 24.4 Å². The van der Waals surface area contributed by atoms with Crippen LogP contribution < -0.4 is 16.4 Å². The van der Waals surface area contributed by atoms with Gasteiger partial charge in [-0.1, -0.05) is 0 Å². The molecule has 3 aromatic rings. The van der Waals surface area contributed by atoms with Crippen molar-refractivity contribution in [2.24, 2.45) is 11.7 Å². The Morgan fingerprint density at radius 2 is 1.86 bits per heavy atom. The fourth-order valence-electron chi connectivity index (χ4n) is 5.16. The van der Waals surface area contributed by atoms with Gasteiger partial charge >= 0.3 is 6.18 Å². The van der Waals surface area contributed by atoms with Crippen LogP contribution in [0.3, 0.4) is 0 Å². The monoisotopic (exact) mass is 521 g/mol. The van der Waals surface area contributed by atoms with Crippen molar-refractivity contribution in [3.8, 4) is 0 Å². The number of hydrogen-bond acceptors (Lipinski definition) is 7. The Labute approximate surface area is 212 Å². The average Bonchev–Trinajstić information content (AvgIpc) is 3.22. The molecule has 4 N–H and O–H groups in total. The van der Waals surface area contributed by atoms with Gasteiger partial charge in [0, 0.05) is 24.8 Å². The summed E-state index contributed by atoms with van der Waals surface area (Å²) in [5, 5.41) is 6.24. The molecule has 2 fully saturated rings. The van der Waals surface area contributed by atoms with Crippen molar-refractivity contribution in [3.05, 3.63) is 35.8 Å². The number of rotatable bonds is 6. The first-order chi connectivity index (χ1) is 17.6. The minimum absolute atomic E-state index is 0.0226.